The number of carbonyl (C=O) groups excluding carboxylic acids is 2. The zero-order valence-corrected chi connectivity index (χ0v) is 9.29. The average molecular weight is 212 g/mol. The lowest BCUT2D eigenvalue weighted by Gasteiger charge is -2.28. The minimum atomic E-state index is -0.122. The Labute approximate surface area is 90.6 Å². The topological polar surface area (TPSA) is 72.2 Å². The molecule has 0 bridgehead atoms. The first kappa shape index (κ1) is 12.2. The van der Waals surface area contributed by atoms with Crippen molar-refractivity contribution in [1.29, 1.82) is 0 Å². The van der Waals surface area contributed by atoms with E-state index in [2.05, 4.69) is 5.32 Å². The molecule has 0 aromatic carbocycles. The van der Waals surface area contributed by atoms with Crippen LogP contribution in [0.1, 0.15) is 32.6 Å². The molecule has 0 radical (unpaired) electrons. The van der Waals surface area contributed by atoms with Crippen molar-refractivity contribution in [3.63, 3.8) is 0 Å². The minimum absolute atomic E-state index is 0.000324. The van der Waals surface area contributed by atoms with Gasteiger partial charge in [-0.25, -0.2) is 0 Å². The van der Waals surface area contributed by atoms with E-state index in [-0.39, 0.29) is 23.5 Å². The monoisotopic (exact) mass is 212 g/mol. The summed E-state index contributed by atoms with van der Waals surface area (Å²) in [5, 5.41) is 2.77. The molecule has 0 spiro atoms. The normalized spacial score (nSPS) is 26.0. The summed E-state index contributed by atoms with van der Waals surface area (Å²) in [6, 6.07) is 0. The van der Waals surface area contributed by atoms with E-state index >= 15 is 0 Å². The number of carbonyl (C=O) groups is 2. The van der Waals surface area contributed by atoms with Gasteiger partial charge in [-0.15, -0.1) is 0 Å². The summed E-state index contributed by atoms with van der Waals surface area (Å²) in [7, 11) is 0. The van der Waals surface area contributed by atoms with Gasteiger partial charge in [-0.1, -0.05) is 12.8 Å². The van der Waals surface area contributed by atoms with Gasteiger partial charge in [-0.05, 0) is 19.8 Å². The molecule has 2 atom stereocenters. The molecule has 4 nitrogen and oxygen atoms in total. The molecule has 1 saturated carbocycles. The van der Waals surface area contributed by atoms with Crippen LogP contribution in [0, 0.1) is 11.8 Å². The highest BCUT2D eigenvalue weighted by molar-refractivity contribution is 5.87. The number of rotatable bonds is 4. The van der Waals surface area contributed by atoms with Crippen molar-refractivity contribution >= 4 is 11.7 Å². The summed E-state index contributed by atoms with van der Waals surface area (Å²) in [4.78, 5) is 23.1. The molecule has 1 amide bonds. The SMILES string of the molecule is CC(=O)C1CCCCC1C(=O)NCCN. The lowest BCUT2D eigenvalue weighted by atomic mass is 9.77. The Morgan fingerprint density at radius 3 is 2.40 bits per heavy atom. The van der Waals surface area contributed by atoms with Gasteiger partial charge in [0.1, 0.15) is 5.78 Å². The van der Waals surface area contributed by atoms with E-state index in [1.807, 2.05) is 0 Å². The van der Waals surface area contributed by atoms with Crippen LogP contribution >= 0.6 is 0 Å². The highest BCUT2D eigenvalue weighted by Crippen LogP contribution is 2.30. The van der Waals surface area contributed by atoms with E-state index in [1.165, 1.54) is 0 Å². The molecule has 0 aromatic heterocycles. The van der Waals surface area contributed by atoms with Crippen LogP contribution in [-0.4, -0.2) is 24.8 Å². The van der Waals surface area contributed by atoms with Crippen molar-refractivity contribution in [1.82, 2.24) is 5.32 Å². The van der Waals surface area contributed by atoms with Crippen molar-refractivity contribution in [3.05, 3.63) is 0 Å². The highest BCUT2D eigenvalue weighted by Gasteiger charge is 2.33. The second-order valence-electron chi connectivity index (χ2n) is 4.19. The number of Topliss-reactive ketones (excluding diaryl/α,β-unsaturated/α-hetero) is 1. The van der Waals surface area contributed by atoms with Gasteiger partial charge < -0.3 is 11.1 Å². The van der Waals surface area contributed by atoms with Gasteiger partial charge >= 0.3 is 0 Å². The molecule has 1 aliphatic rings. The quantitative estimate of drug-likeness (QED) is 0.711. The molecular formula is C11H20N2O2. The molecule has 1 rings (SSSR count). The molecular weight excluding hydrogens is 192 g/mol. The van der Waals surface area contributed by atoms with Crippen LogP contribution in [0.3, 0.4) is 0 Å². The summed E-state index contributed by atoms with van der Waals surface area (Å²) in [6.07, 6.45) is 3.80. The second kappa shape index (κ2) is 5.85. The lowest BCUT2D eigenvalue weighted by Crippen LogP contribution is -2.40. The van der Waals surface area contributed by atoms with E-state index in [1.54, 1.807) is 6.92 Å². The Morgan fingerprint density at radius 1 is 1.27 bits per heavy atom. The first-order valence-corrected chi connectivity index (χ1v) is 5.65. The summed E-state index contributed by atoms with van der Waals surface area (Å²) in [6.45, 7) is 2.53. The number of hydrogen-bond donors (Lipinski definition) is 2. The van der Waals surface area contributed by atoms with Crippen LogP contribution in [0.5, 0.6) is 0 Å². The largest absolute Gasteiger partial charge is 0.355 e. The van der Waals surface area contributed by atoms with E-state index in [9.17, 15) is 9.59 Å². The molecule has 1 aliphatic carbocycles. The Bertz CT molecular complexity index is 241. The van der Waals surface area contributed by atoms with Crippen molar-refractivity contribution in [2.75, 3.05) is 13.1 Å². The number of hydrogen-bond acceptors (Lipinski definition) is 3. The van der Waals surface area contributed by atoms with Crippen LogP contribution in [0.4, 0.5) is 0 Å². The Hall–Kier alpha value is -0.900. The van der Waals surface area contributed by atoms with Crippen LogP contribution in [0.2, 0.25) is 0 Å². The van der Waals surface area contributed by atoms with Gasteiger partial charge in [0.25, 0.3) is 0 Å². The molecule has 3 N–H and O–H groups in total. The fraction of sp³-hybridized carbons (Fsp3) is 0.818. The number of nitrogens with two attached hydrogens (primary N) is 1. The molecule has 0 saturated heterocycles. The first-order valence-electron chi connectivity index (χ1n) is 5.65. The molecule has 0 aromatic rings. The third-order valence-electron chi connectivity index (χ3n) is 3.07. The van der Waals surface area contributed by atoms with Crippen LogP contribution in [0.25, 0.3) is 0 Å². The van der Waals surface area contributed by atoms with Crippen LogP contribution in [0.15, 0.2) is 0 Å². The fourth-order valence-electron chi connectivity index (χ4n) is 2.26. The van der Waals surface area contributed by atoms with Crippen LogP contribution in [-0.2, 0) is 9.59 Å². The predicted molar refractivity (Wildman–Crippen MR) is 58.2 cm³/mol. The van der Waals surface area contributed by atoms with E-state index in [0.717, 1.165) is 25.7 Å². The maximum absolute atomic E-state index is 11.8. The van der Waals surface area contributed by atoms with Crippen molar-refractivity contribution in [2.24, 2.45) is 17.6 Å². The van der Waals surface area contributed by atoms with Gasteiger partial charge in [-0.3, -0.25) is 9.59 Å². The van der Waals surface area contributed by atoms with Crippen molar-refractivity contribution in [3.8, 4) is 0 Å². The number of ketones is 1. The van der Waals surface area contributed by atoms with Gasteiger partial charge in [-0.2, -0.15) is 0 Å². The van der Waals surface area contributed by atoms with E-state index in [4.69, 9.17) is 5.73 Å². The van der Waals surface area contributed by atoms with Crippen molar-refractivity contribution in [2.45, 2.75) is 32.6 Å². The molecule has 0 heterocycles. The fourth-order valence-corrected chi connectivity index (χ4v) is 2.26. The summed E-state index contributed by atoms with van der Waals surface area (Å²) < 4.78 is 0. The molecule has 86 valence electrons. The smallest absolute Gasteiger partial charge is 0.223 e. The maximum atomic E-state index is 11.8. The molecule has 4 heteroatoms. The highest BCUT2D eigenvalue weighted by atomic mass is 16.2. The Morgan fingerprint density at radius 2 is 1.87 bits per heavy atom. The summed E-state index contributed by atoms with van der Waals surface area (Å²) in [5.41, 5.74) is 5.32. The molecule has 2 unspecified atom stereocenters. The summed E-state index contributed by atoms with van der Waals surface area (Å²) >= 11 is 0. The number of nitrogens with one attached hydrogen (secondary N) is 1. The maximum Gasteiger partial charge on any atom is 0.223 e. The Kier molecular flexibility index (Phi) is 4.75. The third kappa shape index (κ3) is 3.30. The number of amides is 1. The van der Waals surface area contributed by atoms with Gasteiger partial charge in [0.05, 0.1) is 0 Å². The molecule has 1 fully saturated rings. The zero-order valence-electron chi connectivity index (χ0n) is 9.29. The first-order chi connectivity index (χ1) is 7.16. The summed E-state index contributed by atoms with van der Waals surface area (Å²) in [5.74, 6) is -0.0535. The molecule has 0 aliphatic heterocycles. The van der Waals surface area contributed by atoms with E-state index < -0.39 is 0 Å². The van der Waals surface area contributed by atoms with Crippen molar-refractivity contribution < 1.29 is 9.59 Å². The van der Waals surface area contributed by atoms with Gasteiger partial charge in [0.15, 0.2) is 0 Å². The minimum Gasteiger partial charge on any atom is -0.355 e. The van der Waals surface area contributed by atoms with E-state index in [0.29, 0.717) is 13.1 Å². The Balaban J connectivity index is 2.55. The predicted octanol–water partition coefficient (Wildman–Crippen LogP) is 0.457. The van der Waals surface area contributed by atoms with Gasteiger partial charge in [0, 0.05) is 24.9 Å². The third-order valence-corrected chi connectivity index (χ3v) is 3.07. The van der Waals surface area contributed by atoms with Gasteiger partial charge in [0.2, 0.25) is 5.91 Å². The molecule has 15 heavy (non-hydrogen) atoms. The lowest BCUT2D eigenvalue weighted by molar-refractivity contribution is -0.134. The standard InChI is InChI=1S/C11H20N2O2/c1-8(14)9-4-2-3-5-10(9)11(15)13-7-6-12/h9-10H,2-7,12H2,1H3,(H,13,15). The second-order valence-corrected chi connectivity index (χ2v) is 4.19. The average Bonchev–Trinajstić information content (AvgIpc) is 2.25. The van der Waals surface area contributed by atoms with Crippen LogP contribution < -0.4 is 11.1 Å². The zero-order chi connectivity index (χ0) is 11.3.